The predicted molar refractivity (Wildman–Crippen MR) is 119 cm³/mol. The van der Waals surface area contributed by atoms with Crippen LogP contribution in [0.5, 0.6) is 0 Å². The Hall–Kier alpha value is -0.410. The number of carbonyl (C=O) groups excluding carboxylic acids is 1. The second-order valence-electron chi connectivity index (χ2n) is 11.0. The number of carbonyl (C=O) groups is 1. The molecule has 0 N–H and O–H groups in total. The van der Waals surface area contributed by atoms with Crippen LogP contribution in [0.1, 0.15) is 91.9 Å². The zero-order chi connectivity index (χ0) is 20.1. The number of Topliss-reactive ketones (excluding diaryl/α,β-unsaturated/α-hetero) is 1. The Morgan fingerprint density at radius 2 is 1.54 bits per heavy atom. The van der Waals surface area contributed by atoms with Crippen LogP contribution in [0, 0.1) is 23.2 Å². The molecule has 28 heavy (non-hydrogen) atoms. The van der Waals surface area contributed by atoms with Crippen molar-refractivity contribution in [1.82, 2.24) is 9.80 Å². The topological polar surface area (TPSA) is 23.6 Å². The van der Waals surface area contributed by atoms with E-state index in [2.05, 4.69) is 23.6 Å². The van der Waals surface area contributed by atoms with Gasteiger partial charge in [0.2, 0.25) is 0 Å². The Kier molecular flexibility index (Phi) is 8.01. The summed E-state index contributed by atoms with van der Waals surface area (Å²) >= 11 is 0. The quantitative estimate of drug-likeness (QED) is 0.442. The third-order valence-corrected chi connectivity index (χ3v) is 8.03. The van der Waals surface area contributed by atoms with Gasteiger partial charge in [-0.3, -0.25) is 9.69 Å². The lowest BCUT2D eigenvalue weighted by molar-refractivity contribution is -0.129. The lowest BCUT2D eigenvalue weighted by atomic mass is 9.55. The van der Waals surface area contributed by atoms with E-state index >= 15 is 0 Å². The van der Waals surface area contributed by atoms with Crippen molar-refractivity contribution < 1.29 is 4.79 Å². The van der Waals surface area contributed by atoms with Gasteiger partial charge in [-0.1, -0.05) is 47.0 Å². The van der Waals surface area contributed by atoms with Crippen LogP contribution in [-0.2, 0) is 4.79 Å². The van der Waals surface area contributed by atoms with Crippen molar-refractivity contribution in [2.75, 3.05) is 32.7 Å². The monoisotopic (exact) mass is 390 g/mol. The molecule has 1 aliphatic carbocycles. The van der Waals surface area contributed by atoms with E-state index in [0.717, 1.165) is 36.1 Å². The van der Waals surface area contributed by atoms with Crippen LogP contribution in [-0.4, -0.2) is 54.3 Å². The van der Waals surface area contributed by atoms with E-state index < -0.39 is 0 Å². The number of nitrogens with zero attached hydrogens (tertiary/aromatic N) is 2. The fourth-order valence-electron chi connectivity index (χ4n) is 5.82. The molecular weight excluding hydrogens is 344 g/mol. The first kappa shape index (κ1) is 22.3. The molecule has 2 aliphatic heterocycles. The van der Waals surface area contributed by atoms with E-state index in [0.29, 0.717) is 5.78 Å². The molecule has 0 amide bonds. The average molecular weight is 391 g/mol. The van der Waals surface area contributed by atoms with Gasteiger partial charge >= 0.3 is 0 Å². The third kappa shape index (κ3) is 5.81. The molecule has 0 bridgehead atoms. The zero-order valence-electron chi connectivity index (χ0n) is 19.2. The first-order chi connectivity index (χ1) is 13.4. The van der Waals surface area contributed by atoms with Crippen LogP contribution in [0.2, 0.25) is 0 Å². The summed E-state index contributed by atoms with van der Waals surface area (Å²) in [5.74, 6) is 2.56. The Balaban J connectivity index is 1.17. The zero-order valence-corrected chi connectivity index (χ0v) is 19.2. The molecule has 3 rings (SSSR count). The van der Waals surface area contributed by atoms with E-state index in [4.69, 9.17) is 0 Å². The molecule has 0 aromatic heterocycles. The molecule has 3 aliphatic rings. The molecule has 0 radical (unpaired) electrons. The SMILES string of the molecule is CC(C)C(=O)CCCCCCCN1CCC(N2CC3(CC(C(C)C)C3)C2)CC1. The minimum atomic E-state index is 0.218. The molecule has 0 aromatic rings. The van der Waals surface area contributed by atoms with Crippen molar-refractivity contribution in [3.05, 3.63) is 0 Å². The standard InChI is InChI=1S/C25H46N2O/c1-20(2)22-16-25(17-22)18-27(19-25)23-11-14-26(15-12-23)13-9-7-5-6-8-10-24(28)21(3)4/h20-23H,5-19H2,1-4H3. The van der Waals surface area contributed by atoms with Gasteiger partial charge in [-0.2, -0.15) is 0 Å². The van der Waals surface area contributed by atoms with Crippen LogP contribution in [0.15, 0.2) is 0 Å². The molecule has 0 atom stereocenters. The van der Waals surface area contributed by atoms with E-state index in [1.807, 2.05) is 13.8 Å². The number of ketones is 1. The minimum Gasteiger partial charge on any atom is -0.303 e. The number of piperidine rings is 1. The van der Waals surface area contributed by atoms with E-state index in [1.54, 1.807) is 0 Å². The maximum Gasteiger partial charge on any atom is 0.135 e. The predicted octanol–water partition coefficient (Wildman–Crippen LogP) is 5.38. The number of hydrogen-bond donors (Lipinski definition) is 0. The highest BCUT2D eigenvalue weighted by Crippen LogP contribution is 2.55. The van der Waals surface area contributed by atoms with E-state index in [9.17, 15) is 4.79 Å². The summed E-state index contributed by atoms with van der Waals surface area (Å²) in [5.41, 5.74) is 0.742. The molecule has 3 heteroatoms. The summed E-state index contributed by atoms with van der Waals surface area (Å²) in [6, 6.07) is 0.874. The first-order valence-corrected chi connectivity index (χ1v) is 12.4. The van der Waals surface area contributed by atoms with E-state index in [-0.39, 0.29) is 5.92 Å². The highest BCUT2D eigenvalue weighted by Gasteiger charge is 2.53. The Morgan fingerprint density at radius 1 is 0.929 bits per heavy atom. The van der Waals surface area contributed by atoms with Gasteiger partial charge in [0.25, 0.3) is 0 Å². The fraction of sp³-hybridized carbons (Fsp3) is 0.960. The Bertz CT molecular complexity index is 479. The second-order valence-corrected chi connectivity index (χ2v) is 11.0. The molecule has 1 spiro atoms. The van der Waals surface area contributed by atoms with Crippen molar-refractivity contribution >= 4 is 5.78 Å². The molecular formula is C25H46N2O. The summed E-state index contributed by atoms with van der Waals surface area (Å²) < 4.78 is 0. The molecule has 0 unspecified atom stereocenters. The Morgan fingerprint density at radius 3 is 2.14 bits per heavy atom. The highest BCUT2D eigenvalue weighted by molar-refractivity contribution is 5.80. The summed E-state index contributed by atoms with van der Waals surface area (Å²) in [7, 11) is 0. The summed E-state index contributed by atoms with van der Waals surface area (Å²) in [6.45, 7) is 15.5. The smallest absolute Gasteiger partial charge is 0.135 e. The van der Waals surface area contributed by atoms with Gasteiger partial charge < -0.3 is 4.90 Å². The van der Waals surface area contributed by atoms with Gasteiger partial charge in [-0.15, -0.1) is 0 Å². The van der Waals surface area contributed by atoms with Crippen LogP contribution in [0.25, 0.3) is 0 Å². The van der Waals surface area contributed by atoms with Gasteiger partial charge in [-0.25, -0.2) is 0 Å². The van der Waals surface area contributed by atoms with Crippen LogP contribution >= 0.6 is 0 Å². The van der Waals surface area contributed by atoms with Gasteiger partial charge in [0.15, 0.2) is 0 Å². The average Bonchev–Trinajstić information content (AvgIpc) is 2.59. The normalized spacial score (nSPS) is 24.1. The maximum absolute atomic E-state index is 11.6. The van der Waals surface area contributed by atoms with E-state index in [1.165, 1.54) is 84.1 Å². The molecule has 3 fully saturated rings. The van der Waals surface area contributed by atoms with Crippen LogP contribution in [0.3, 0.4) is 0 Å². The number of likely N-dealkylation sites (tertiary alicyclic amines) is 2. The molecule has 162 valence electrons. The second kappa shape index (κ2) is 10.1. The van der Waals surface area contributed by atoms with Crippen LogP contribution in [0.4, 0.5) is 0 Å². The van der Waals surface area contributed by atoms with Crippen molar-refractivity contribution in [2.45, 2.75) is 97.9 Å². The minimum absolute atomic E-state index is 0.218. The summed E-state index contributed by atoms with van der Waals surface area (Å²) in [6.07, 6.45) is 12.9. The molecule has 2 saturated heterocycles. The highest BCUT2D eigenvalue weighted by atomic mass is 16.1. The third-order valence-electron chi connectivity index (χ3n) is 8.03. The lowest BCUT2D eigenvalue weighted by Crippen LogP contribution is -2.66. The molecule has 3 nitrogen and oxygen atoms in total. The van der Waals surface area contributed by atoms with Crippen molar-refractivity contribution in [2.24, 2.45) is 23.2 Å². The number of rotatable bonds is 11. The Labute approximate surface area is 174 Å². The van der Waals surface area contributed by atoms with Gasteiger partial charge in [0.05, 0.1) is 0 Å². The first-order valence-electron chi connectivity index (χ1n) is 12.4. The maximum atomic E-state index is 11.6. The lowest BCUT2D eigenvalue weighted by Gasteiger charge is -2.62. The number of unbranched alkanes of at least 4 members (excludes halogenated alkanes) is 4. The number of hydrogen-bond acceptors (Lipinski definition) is 3. The molecule has 1 saturated carbocycles. The molecule has 2 heterocycles. The summed E-state index contributed by atoms with van der Waals surface area (Å²) in [5, 5.41) is 0. The largest absolute Gasteiger partial charge is 0.303 e. The summed E-state index contributed by atoms with van der Waals surface area (Å²) in [4.78, 5) is 17.1. The van der Waals surface area contributed by atoms with Gasteiger partial charge in [0, 0.05) is 31.5 Å². The van der Waals surface area contributed by atoms with Crippen molar-refractivity contribution in [3.8, 4) is 0 Å². The fourth-order valence-corrected chi connectivity index (χ4v) is 5.82. The van der Waals surface area contributed by atoms with Gasteiger partial charge in [-0.05, 0) is 75.4 Å². The van der Waals surface area contributed by atoms with Crippen LogP contribution < -0.4 is 0 Å². The van der Waals surface area contributed by atoms with Crippen molar-refractivity contribution in [1.29, 1.82) is 0 Å². The van der Waals surface area contributed by atoms with Crippen molar-refractivity contribution in [3.63, 3.8) is 0 Å². The molecule has 0 aromatic carbocycles. The van der Waals surface area contributed by atoms with Gasteiger partial charge in [0.1, 0.15) is 5.78 Å².